The van der Waals surface area contributed by atoms with Crippen molar-refractivity contribution in [1.29, 1.82) is 0 Å². The van der Waals surface area contributed by atoms with Crippen molar-refractivity contribution in [2.24, 2.45) is 0 Å². The molecule has 6 heteroatoms. The van der Waals surface area contributed by atoms with E-state index in [0.717, 1.165) is 0 Å². The predicted molar refractivity (Wildman–Crippen MR) is 197 cm³/mol. The van der Waals surface area contributed by atoms with Crippen LogP contribution in [0.25, 0.3) is 5.57 Å². The minimum absolute atomic E-state index is 0. The second kappa shape index (κ2) is 21.7. The molecule has 246 valence electrons. The Morgan fingerprint density at radius 2 is 0.939 bits per heavy atom. The van der Waals surface area contributed by atoms with Crippen LogP contribution in [0.3, 0.4) is 0 Å². The number of hydrogen-bond donors (Lipinski definition) is 0. The van der Waals surface area contributed by atoms with Crippen LogP contribution in [0.5, 0.6) is 0 Å². The molecule has 0 amide bonds. The first-order valence-electron chi connectivity index (χ1n) is 15.3. The van der Waals surface area contributed by atoms with Gasteiger partial charge in [-0.1, -0.05) is 152 Å². The van der Waals surface area contributed by atoms with Gasteiger partial charge in [-0.05, 0) is 23.8 Å². The number of esters is 2. The maximum atomic E-state index is 12.3. The number of rotatable bonds is 8. The molecule has 0 saturated carbocycles. The van der Waals surface area contributed by atoms with Crippen LogP contribution in [-0.4, -0.2) is 26.2 Å². The van der Waals surface area contributed by atoms with E-state index in [2.05, 4.69) is 108 Å². The van der Waals surface area contributed by atoms with E-state index >= 15 is 0 Å². The SMILES string of the molecule is COC(=O)[C-]=C(C(=[C-]c1ccccc1)C(=O)OC)c1ccccc1.[CH]1C=CC=C1.[Co+2].c1ccc(P(c2ccccc2)c2ccccc2)cc1. The van der Waals surface area contributed by atoms with E-state index < -0.39 is 19.9 Å². The zero-order valence-corrected chi connectivity index (χ0v) is 29.2. The van der Waals surface area contributed by atoms with E-state index in [0.29, 0.717) is 11.1 Å². The van der Waals surface area contributed by atoms with Gasteiger partial charge in [-0.25, -0.2) is 5.57 Å². The van der Waals surface area contributed by atoms with Crippen molar-refractivity contribution < 1.29 is 35.8 Å². The number of hydrogen-bond acceptors (Lipinski definition) is 4. The minimum Gasteiger partial charge on any atom is -0.509 e. The fraction of sp³-hybridized carbons (Fsp3) is 0.0465. The summed E-state index contributed by atoms with van der Waals surface area (Å²) in [6, 6.07) is 50.4. The maximum Gasteiger partial charge on any atom is 2.00 e. The van der Waals surface area contributed by atoms with Crippen molar-refractivity contribution in [3.8, 4) is 0 Å². The monoisotopic (exact) mass is 706 g/mol. The molecule has 1 aliphatic rings. The van der Waals surface area contributed by atoms with E-state index in [9.17, 15) is 9.59 Å². The molecule has 4 nitrogen and oxygen atoms in total. The normalized spacial score (nSPS) is 11.7. The molecule has 0 heterocycles. The number of benzene rings is 5. The summed E-state index contributed by atoms with van der Waals surface area (Å²) < 4.78 is 9.50. The van der Waals surface area contributed by atoms with Gasteiger partial charge in [-0.2, -0.15) is 11.6 Å². The Morgan fingerprint density at radius 3 is 1.31 bits per heavy atom. The van der Waals surface area contributed by atoms with E-state index in [1.165, 1.54) is 30.1 Å². The van der Waals surface area contributed by atoms with Gasteiger partial charge >= 0.3 is 16.8 Å². The Balaban J connectivity index is 0.000000231. The molecule has 1 aliphatic carbocycles. The Labute approximate surface area is 301 Å². The van der Waals surface area contributed by atoms with Gasteiger partial charge in [0.25, 0.3) is 5.97 Å². The molecule has 0 saturated heterocycles. The van der Waals surface area contributed by atoms with E-state index in [1.54, 1.807) is 36.4 Å². The topological polar surface area (TPSA) is 52.6 Å². The fourth-order valence-electron chi connectivity index (χ4n) is 4.52. The number of methoxy groups -OCH3 is 2. The summed E-state index contributed by atoms with van der Waals surface area (Å²) in [4.78, 5) is 24.0. The molecule has 0 aromatic heterocycles. The average molecular weight is 707 g/mol. The minimum atomic E-state index is -0.690. The smallest absolute Gasteiger partial charge is 0.509 e. The molecular formula is C43H36CoO4P. The van der Waals surface area contributed by atoms with Crippen LogP contribution >= 0.6 is 7.92 Å². The van der Waals surface area contributed by atoms with Gasteiger partial charge in [-0.15, -0.1) is 41.5 Å². The Hall–Kier alpha value is -5.06. The number of ether oxygens (including phenoxy) is 2. The second-order valence-electron chi connectivity index (χ2n) is 10.0. The molecule has 6 rings (SSSR count). The van der Waals surface area contributed by atoms with Crippen molar-refractivity contribution >= 4 is 41.3 Å². The Kier molecular flexibility index (Phi) is 17.0. The van der Waals surface area contributed by atoms with Crippen molar-refractivity contribution in [1.82, 2.24) is 0 Å². The van der Waals surface area contributed by atoms with Crippen LogP contribution in [0.2, 0.25) is 0 Å². The third kappa shape index (κ3) is 12.5. The van der Waals surface area contributed by atoms with E-state index in [1.807, 2.05) is 55.0 Å². The molecule has 0 unspecified atom stereocenters. The summed E-state index contributed by atoms with van der Waals surface area (Å²) in [5.41, 5.74) is 1.67. The predicted octanol–water partition coefficient (Wildman–Crippen LogP) is 7.76. The summed E-state index contributed by atoms with van der Waals surface area (Å²) in [5, 5.41) is 4.19. The first-order valence-corrected chi connectivity index (χ1v) is 16.6. The summed E-state index contributed by atoms with van der Waals surface area (Å²) in [6.45, 7) is 0. The van der Waals surface area contributed by atoms with E-state index in [-0.39, 0.29) is 27.9 Å². The summed E-state index contributed by atoms with van der Waals surface area (Å²) in [6.07, 6.45) is 15.6. The molecule has 0 aliphatic heterocycles. The molecular weight excluding hydrogens is 670 g/mol. The number of carbonyl (C=O) groups excluding carboxylic acids is 2. The Morgan fingerprint density at radius 1 is 0.531 bits per heavy atom. The van der Waals surface area contributed by atoms with Crippen LogP contribution in [0.1, 0.15) is 11.1 Å². The quantitative estimate of drug-likeness (QED) is 0.0545. The third-order valence-electron chi connectivity index (χ3n) is 6.76. The van der Waals surface area contributed by atoms with Crippen molar-refractivity contribution in [2.75, 3.05) is 14.2 Å². The molecule has 0 N–H and O–H groups in total. The van der Waals surface area contributed by atoms with Crippen LogP contribution in [0.4, 0.5) is 0 Å². The van der Waals surface area contributed by atoms with Gasteiger partial charge in [0.1, 0.15) is 0 Å². The first-order chi connectivity index (χ1) is 23.6. The van der Waals surface area contributed by atoms with Crippen molar-refractivity contribution in [3.05, 3.63) is 211 Å². The Bertz CT molecular complexity index is 1720. The van der Waals surface area contributed by atoms with Crippen LogP contribution in [0, 0.1) is 18.6 Å². The van der Waals surface area contributed by atoms with E-state index in [4.69, 9.17) is 4.74 Å². The summed E-state index contributed by atoms with van der Waals surface area (Å²) in [7, 11) is 2.08. The largest absolute Gasteiger partial charge is 2.00 e. The molecule has 0 atom stereocenters. The number of carbonyl (C=O) groups is 2. The molecule has 5 aromatic rings. The molecule has 0 bridgehead atoms. The van der Waals surface area contributed by atoms with Gasteiger partial charge in [0.2, 0.25) is 5.97 Å². The van der Waals surface area contributed by atoms with Crippen LogP contribution in [-0.2, 0) is 35.8 Å². The molecule has 49 heavy (non-hydrogen) atoms. The van der Waals surface area contributed by atoms with Crippen molar-refractivity contribution in [2.45, 2.75) is 0 Å². The van der Waals surface area contributed by atoms with Gasteiger partial charge in [-0.3, -0.25) is 4.79 Å². The first kappa shape index (κ1) is 38.4. The maximum absolute atomic E-state index is 12.3. The number of allylic oxidation sites excluding steroid dienone is 4. The fourth-order valence-corrected chi connectivity index (χ4v) is 6.82. The molecule has 0 spiro atoms. The van der Waals surface area contributed by atoms with Crippen LogP contribution < -0.4 is 15.9 Å². The standard InChI is InChI=1S/C20H16O4.C18H15P.C5H5.Co/c1-23-19(21)14-17(16-11-7-4-8-12-16)18(20(22)24-2)13-15-9-5-3-6-10-15;1-4-10-16(11-5-1)19(17-12-6-2-7-13-17)18-14-8-3-9-15-18;1-2-4-5-3-1;/h3-12H,1-2H3;1-15H;1-5H;/q-2;;;+2. The van der Waals surface area contributed by atoms with Crippen LogP contribution in [0.15, 0.2) is 182 Å². The van der Waals surface area contributed by atoms with Crippen molar-refractivity contribution in [3.63, 3.8) is 0 Å². The average Bonchev–Trinajstić information content (AvgIpc) is 3.76. The van der Waals surface area contributed by atoms with Gasteiger partial charge in [0.05, 0.1) is 14.2 Å². The van der Waals surface area contributed by atoms with Gasteiger partial charge in [0.15, 0.2) is 0 Å². The van der Waals surface area contributed by atoms with Gasteiger partial charge in [0, 0.05) is 6.42 Å². The molecule has 2 radical (unpaired) electrons. The summed E-state index contributed by atoms with van der Waals surface area (Å²) in [5.74, 6) is -1.31. The zero-order chi connectivity index (χ0) is 33.8. The third-order valence-corrected chi connectivity index (χ3v) is 9.20. The zero-order valence-electron chi connectivity index (χ0n) is 27.2. The molecule has 5 aromatic carbocycles. The van der Waals surface area contributed by atoms with Gasteiger partial charge < -0.3 is 14.3 Å². The second-order valence-corrected chi connectivity index (χ2v) is 12.2. The summed E-state index contributed by atoms with van der Waals surface area (Å²) >= 11 is 0. The molecule has 0 fully saturated rings.